The van der Waals surface area contributed by atoms with Gasteiger partial charge in [0.2, 0.25) is 5.91 Å². The van der Waals surface area contributed by atoms with Gasteiger partial charge in [-0.05, 0) is 36.6 Å². The van der Waals surface area contributed by atoms with Crippen LogP contribution in [0.25, 0.3) is 11.1 Å². The van der Waals surface area contributed by atoms with Gasteiger partial charge in [0.1, 0.15) is 11.5 Å². The van der Waals surface area contributed by atoms with Crippen molar-refractivity contribution in [2.24, 2.45) is 5.92 Å². The Morgan fingerprint density at radius 3 is 2.59 bits per heavy atom. The lowest BCUT2D eigenvalue weighted by atomic mass is 10.00. The van der Waals surface area contributed by atoms with E-state index in [0.717, 1.165) is 23.2 Å². The molecule has 0 aliphatic carbocycles. The Morgan fingerprint density at radius 1 is 1.06 bits per heavy atom. The van der Waals surface area contributed by atoms with Gasteiger partial charge in [-0.15, -0.1) is 0 Å². The largest absolute Gasteiger partial charge is 0.323 e. The molecule has 2 heterocycles. The number of ketones is 1. The molecule has 0 spiro atoms. The molecule has 3 rings (SSSR count). The van der Waals surface area contributed by atoms with Crippen molar-refractivity contribution in [1.29, 1.82) is 0 Å². The summed E-state index contributed by atoms with van der Waals surface area (Å²) in [6.07, 6.45) is 4.30. The highest BCUT2D eigenvalue weighted by atomic mass is 16.2. The molecule has 1 aromatic carbocycles. The molecule has 0 fully saturated rings. The van der Waals surface area contributed by atoms with E-state index in [2.05, 4.69) is 44.6 Å². The van der Waals surface area contributed by atoms with Gasteiger partial charge >= 0.3 is 0 Å². The molecule has 1 amide bonds. The van der Waals surface area contributed by atoms with E-state index >= 15 is 0 Å². The number of aryl methyl sites for hydroxylation is 2. The van der Waals surface area contributed by atoms with Crippen LogP contribution in [0.4, 0.5) is 5.69 Å². The lowest BCUT2D eigenvalue weighted by Gasteiger charge is -2.14. The summed E-state index contributed by atoms with van der Waals surface area (Å²) in [7, 11) is 0. The molecule has 7 heteroatoms. The number of hydrogen-bond donors (Lipinski definition) is 2. The molecule has 166 valence electrons. The molecule has 7 nitrogen and oxygen atoms in total. The maximum absolute atomic E-state index is 12.7. The Labute approximate surface area is 188 Å². The molecule has 0 radical (unpaired) electrons. The van der Waals surface area contributed by atoms with Crippen molar-refractivity contribution in [3.05, 3.63) is 71.6 Å². The highest BCUT2D eigenvalue weighted by Crippen LogP contribution is 2.26. The van der Waals surface area contributed by atoms with Gasteiger partial charge in [0.05, 0.1) is 18.8 Å². The monoisotopic (exact) mass is 431 g/mol. The van der Waals surface area contributed by atoms with Gasteiger partial charge in [-0.1, -0.05) is 45.0 Å². The minimum absolute atomic E-state index is 0.0577. The number of nitrogens with zero attached hydrogens (tertiary/aromatic N) is 3. The first kappa shape index (κ1) is 23.2. The summed E-state index contributed by atoms with van der Waals surface area (Å²) in [4.78, 5) is 38.2. The van der Waals surface area contributed by atoms with Crippen molar-refractivity contribution >= 4 is 17.4 Å². The first-order valence-electron chi connectivity index (χ1n) is 10.8. The third-order valence-corrected chi connectivity index (χ3v) is 5.00. The minimum atomic E-state index is -0.267. The van der Waals surface area contributed by atoms with Gasteiger partial charge in [0, 0.05) is 29.6 Å². The highest BCUT2D eigenvalue weighted by molar-refractivity contribution is 6.05. The van der Waals surface area contributed by atoms with Crippen molar-refractivity contribution in [3.63, 3.8) is 0 Å². The standard InChI is InChI=1S/C25H29N5O2/c1-5-18-7-6-8-19(11-18)20-12-21(24(28-13-20)25(32)16(2)3)30-23(31)15-26-14-22-27-10-9-17(4)29-22/h6-13,16,26H,5,14-15H2,1-4H3,(H,30,31). The van der Waals surface area contributed by atoms with E-state index in [1.165, 1.54) is 5.56 Å². The summed E-state index contributed by atoms with van der Waals surface area (Å²) in [6, 6.07) is 11.8. The Balaban J connectivity index is 1.78. The van der Waals surface area contributed by atoms with Crippen LogP contribution in [0.5, 0.6) is 0 Å². The summed E-state index contributed by atoms with van der Waals surface area (Å²) in [6.45, 7) is 8.05. The molecule has 0 aliphatic heterocycles. The number of amides is 1. The summed E-state index contributed by atoms with van der Waals surface area (Å²) in [5.74, 6) is 0.00366. The number of carbonyl (C=O) groups is 2. The van der Waals surface area contributed by atoms with Crippen molar-refractivity contribution in [2.45, 2.75) is 40.7 Å². The fourth-order valence-electron chi connectivity index (χ4n) is 3.23. The van der Waals surface area contributed by atoms with Gasteiger partial charge in [-0.25, -0.2) is 9.97 Å². The van der Waals surface area contributed by atoms with E-state index in [4.69, 9.17) is 0 Å². The summed E-state index contributed by atoms with van der Waals surface area (Å²) in [5, 5.41) is 5.90. The summed E-state index contributed by atoms with van der Waals surface area (Å²) >= 11 is 0. The number of anilines is 1. The average Bonchev–Trinajstić information content (AvgIpc) is 2.78. The van der Waals surface area contributed by atoms with Gasteiger partial charge in [-0.2, -0.15) is 0 Å². The van der Waals surface area contributed by atoms with Gasteiger partial charge < -0.3 is 10.6 Å². The predicted molar refractivity (Wildman–Crippen MR) is 125 cm³/mol. The third-order valence-electron chi connectivity index (χ3n) is 5.00. The fourth-order valence-corrected chi connectivity index (χ4v) is 3.23. The van der Waals surface area contributed by atoms with E-state index in [0.29, 0.717) is 18.1 Å². The second-order valence-electron chi connectivity index (χ2n) is 7.96. The zero-order chi connectivity index (χ0) is 23.1. The van der Waals surface area contributed by atoms with E-state index in [1.54, 1.807) is 12.4 Å². The molecule has 2 aromatic heterocycles. The number of carbonyl (C=O) groups excluding carboxylic acids is 2. The second-order valence-corrected chi connectivity index (χ2v) is 7.96. The SMILES string of the molecule is CCc1cccc(-c2cnc(C(=O)C(C)C)c(NC(=O)CNCc3nccc(C)n3)c2)c1. The lowest BCUT2D eigenvalue weighted by molar-refractivity contribution is -0.115. The number of aromatic nitrogens is 3. The summed E-state index contributed by atoms with van der Waals surface area (Å²) < 4.78 is 0. The lowest BCUT2D eigenvalue weighted by Crippen LogP contribution is -2.29. The maximum atomic E-state index is 12.7. The van der Waals surface area contributed by atoms with E-state index < -0.39 is 0 Å². The first-order chi connectivity index (χ1) is 15.4. The number of rotatable bonds is 9. The van der Waals surface area contributed by atoms with Gasteiger partial charge in [-0.3, -0.25) is 14.6 Å². The second kappa shape index (κ2) is 10.7. The van der Waals surface area contributed by atoms with E-state index in [1.807, 2.05) is 45.0 Å². The molecule has 3 aromatic rings. The number of benzene rings is 1. The van der Waals surface area contributed by atoms with Crippen LogP contribution in [0, 0.1) is 12.8 Å². The van der Waals surface area contributed by atoms with Crippen molar-refractivity contribution in [2.75, 3.05) is 11.9 Å². The van der Waals surface area contributed by atoms with Crippen LogP contribution in [0.2, 0.25) is 0 Å². The molecular weight excluding hydrogens is 402 g/mol. The molecule has 0 unspecified atom stereocenters. The highest BCUT2D eigenvalue weighted by Gasteiger charge is 2.19. The van der Waals surface area contributed by atoms with Gasteiger partial charge in [0.25, 0.3) is 0 Å². The number of Topliss-reactive ketones (excluding diaryl/α,β-unsaturated/α-hetero) is 1. The smallest absolute Gasteiger partial charge is 0.238 e. The fraction of sp³-hybridized carbons (Fsp3) is 0.320. The molecule has 0 atom stereocenters. The quantitative estimate of drug-likeness (QED) is 0.498. The third kappa shape index (κ3) is 6.04. The molecule has 0 aliphatic rings. The molecular formula is C25H29N5O2. The summed E-state index contributed by atoms with van der Waals surface area (Å²) in [5.41, 5.74) is 4.60. The molecule has 0 bridgehead atoms. The van der Waals surface area contributed by atoms with Crippen LogP contribution < -0.4 is 10.6 Å². The minimum Gasteiger partial charge on any atom is -0.323 e. The zero-order valence-corrected chi connectivity index (χ0v) is 19.0. The van der Waals surface area contributed by atoms with Crippen LogP contribution in [0.3, 0.4) is 0 Å². The number of hydrogen-bond acceptors (Lipinski definition) is 6. The van der Waals surface area contributed by atoms with Crippen molar-refractivity contribution in [1.82, 2.24) is 20.3 Å². The van der Waals surface area contributed by atoms with Crippen LogP contribution in [0.15, 0.2) is 48.8 Å². The molecule has 2 N–H and O–H groups in total. The van der Waals surface area contributed by atoms with E-state index in [9.17, 15) is 9.59 Å². The Kier molecular flexibility index (Phi) is 7.78. The Morgan fingerprint density at radius 2 is 1.88 bits per heavy atom. The van der Waals surface area contributed by atoms with Crippen LogP contribution in [-0.4, -0.2) is 33.2 Å². The zero-order valence-electron chi connectivity index (χ0n) is 19.0. The predicted octanol–water partition coefficient (Wildman–Crippen LogP) is 3.98. The maximum Gasteiger partial charge on any atom is 0.238 e. The average molecular weight is 432 g/mol. The topological polar surface area (TPSA) is 96.9 Å². The Bertz CT molecular complexity index is 1110. The molecule has 32 heavy (non-hydrogen) atoms. The first-order valence-corrected chi connectivity index (χ1v) is 10.8. The van der Waals surface area contributed by atoms with Crippen LogP contribution in [0.1, 0.15) is 48.3 Å². The number of pyridine rings is 1. The normalized spacial score (nSPS) is 10.9. The van der Waals surface area contributed by atoms with Crippen molar-refractivity contribution in [3.8, 4) is 11.1 Å². The Hall–Kier alpha value is -3.45. The molecule has 0 saturated carbocycles. The molecule has 0 saturated heterocycles. The van der Waals surface area contributed by atoms with Crippen LogP contribution in [-0.2, 0) is 17.8 Å². The van der Waals surface area contributed by atoms with E-state index in [-0.39, 0.29) is 29.8 Å². The van der Waals surface area contributed by atoms with Crippen molar-refractivity contribution < 1.29 is 9.59 Å². The van der Waals surface area contributed by atoms with Gasteiger partial charge in [0.15, 0.2) is 5.78 Å². The number of nitrogens with one attached hydrogen (secondary N) is 2. The van der Waals surface area contributed by atoms with Crippen LogP contribution >= 0.6 is 0 Å².